The molecule has 0 fully saturated rings. The van der Waals surface area contributed by atoms with Crippen LogP contribution in [0.1, 0.15) is 0 Å². The van der Waals surface area contributed by atoms with Gasteiger partial charge in [-0.2, -0.15) is 0 Å². The third kappa shape index (κ3) is 15.9. The molecule has 0 spiro atoms. The first-order valence-electron chi connectivity index (χ1n) is 5.58. The summed E-state index contributed by atoms with van der Waals surface area (Å²) in [5.41, 5.74) is 0. The van der Waals surface area contributed by atoms with Crippen molar-refractivity contribution in [2.45, 2.75) is 24.4 Å². The van der Waals surface area contributed by atoms with Crippen LogP contribution in [-0.4, -0.2) is 85.0 Å². The minimum Gasteiger partial charge on any atom is -0.478 e. The zero-order chi connectivity index (χ0) is 18.3. The highest BCUT2D eigenvalue weighted by molar-refractivity contribution is 5.79. The van der Waals surface area contributed by atoms with Gasteiger partial charge in [0.25, 0.3) is 0 Å². The van der Waals surface area contributed by atoms with Gasteiger partial charge in [-0.15, -0.1) is 0 Å². The molecule has 7 N–H and O–H groups in total. The Balaban J connectivity index is -0.000000298. The molecule has 0 aliphatic heterocycles. The van der Waals surface area contributed by atoms with Gasteiger partial charge in [-0.25, -0.2) is 9.59 Å². The molecule has 0 saturated heterocycles. The van der Waals surface area contributed by atoms with Crippen LogP contribution in [0.3, 0.4) is 0 Å². The van der Waals surface area contributed by atoms with E-state index in [1.54, 1.807) is 0 Å². The Bertz CT molecular complexity index is 336. The molecule has 0 aromatic carbocycles. The molecule has 0 saturated carbocycles. The number of carbonyl (C=O) groups is 3. The Morgan fingerprint density at radius 2 is 1.23 bits per heavy atom. The quantitative estimate of drug-likeness (QED) is 0.189. The molecular formula is C12H20O10. The van der Waals surface area contributed by atoms with Gasteiger partial charge in [0.05, 0.1) is 6.61 Å². The van der Waals surface area contributed by atoms with Crippen molar-refractivity contribution in [2.24, 2.45) is 0 Å². The molecule has 0 bridgehead atoms. The highest BCUT2D eigenvalue weighted by atomic mass is 16.4. The standard InChI is InChI=1S/C6H12O6.2C3H4O2/c7-1-3(9)5(11)6(12)4(10)2-8;2*1-2-3(4)5/h1,3-6,8-12H,2H2;2*2H,1H2,(H,4,5)/t3-,4+,5+,6+;;/m0../s1. The van der Waals surface area contributed by atoms with Crippen LogP contribution < -0.4 is 0 Å². The van der Waals surface area contributed by atoms with Crippen LogP contribution in [0.4, 0.5) is 0 Å². The SMILES string of the molecule is C=CC(=O)O.C=CC(=O)O.O=C[C@H](O)[C@@H](O)[C@H](O)[C@H](O)CO. The minimum absolute atomic E-state index is 0.0258. The summed E-state index contributed by atoms with van der Waals surface area (Å²) < 4.78 is 0. The van der Waals surface area contributed by atoms with Crippen LogP contribution in [0.15, 0.2) is 25.3 Å². The molecule has 4 atom stereocenters. The van der Waals surface area contributed by atoms with E-state index in [1.807, 2.05) is 0 Å². The molecule has 10 heteroatoms. The molecule has 0 aromatic heterocycles. The Morgan fingerprint density at radius 3 is 1.41 bits per heavy atom. The van der Waals surface area contributed by atoms with Crippen molar-refractivity contribution in [3.05, 3.63) is 25.3 Å². The number of hydrogen-bond acceptors (Lipinski definition) is 8. The fourth-order valence-electron chi connectivity index (χ4n) is 0.618. The molecule has 128 valence electrons. The first-order valence-corrected chi connectivity index (χ1v) is 5.58. The third-order valence-electron chi connectivity index (χ3n) is 1.77. The molecule has 0 aromatic rings. The van der Waals surface area contributed by atoms with Gasteiger partial charge in [-0.1, -0.05) is 13.2 Å². The van der Waals surface area contributed by atoms with Crippen molar-refractivity contribution in [3.8, 4) is 0 Å². The van der Waals surface area contributed by atoms with Crippen LogP contribution in [0.5, 0.6) is 0 Å². The summed E-state index contributed by atoms with van der Waals surface area (Å²) in [4.78, 5) is 28.4. The topological polar surface area (TPSA) is 193 Å². The lowest BCUT2D eigenvalue weighted by atomic mass is 10.0. The highest BCUT2D eigenvalue weighted by Crippen LogP contribution is 2.02. The number of aldehydes is 1. The summed E-state index contributed by atoms with van der Waals surface area (Å²) in [5.74, 6) is -1.96. The van der Waals surface area contributed by atoms with Crippen molar-refractivity contribution in [1.82, 2.24) is 0 Å². The van der Waals surface area contributed by atoms with E-state index in [0.717, 1.165) is 12.2 Å². The van der Waals surface area contributed by atoms with Gasteiger partial charge < -0.3 is 40.5 Å². The number of aliphatic hydroxyl groups is 5. The van der Waals surface area contributed by atoms with Gasteiger partial charge in [-0.05, 0) is 0 Å². The Hall–Kier alpha value is -2.11. The molecule has 0 rings (SSSR count). The Labute approximate surface area is 125 Å². The maximum Gasteiger partial charge on any atom is 0.327 e. The second kappa shape index (κ2) is 15.3. The summed E-state index contributed by atoms with van der Waals surface area (Å²) in [5, 5.41) is 58.7. The molecule has 0 heterocycles. The van der Waals surface area contributed by atoms with E-state index >= 15 is 0 Å². The van der Waals surface area contributed by atoms with E-state index in [1.165, 1.54) is 0 Å². The van der Waals surface area contributed by atoms with Crippen molar-refractivity contribution >= 4 is 18.2 Å². The van der Waals surface area contributed by atoms with E-state index in [-0.39, 0.29) is 6.29 Å². The van der Waals surface area contributed by atoms with Gasteiger partial charge in [0, 0.05) is 12.2 Å². The Kier molecular flexibility index (Phi) is 17.3. The van der Waals surface area contributed by atoms with E-state index in [2.05, 4.69) is 13.2 Å². The fraction of sp³-hybridized carbons (Fsp3) is 0.417. The number of carbonyl (C=O) groups excluding carboxylic acids is 1. The van der Waals surface area contributed by atoms with E-state index in [4.69, 9.17) is 35.7 Å². The number of aliphatic hydroxyl groups excluding tert-OH is 5. The normalized spacial score (nSPS) is 14.4. The number of carboxylic acids is 2. The molecular weight excluding hydrogens is 304 g/mol. The van der Waals surface area contributed by atoms with Crippen molar-refractivity contribution in [2.75, 3.05) is 6.61 Å². The first kappa shape index (κ1) is 24.9. The van der Waals surface area contributed by atoms with Crippen LogP contribution in [0, 0.1) is 0 Å². The van der Waals surface area contributed by atoms with Crippen LogP contribution in [-0.2, 0) is 14.4 Å². The number of hydrogen-bond donors (Lipinski definition) is 7. The largest absolute Gasteiger partial charge is 0.478 e. The minimum atomic E-state index is -1.79. The van der Waals surface area contributed by atoms with Crippen LogP contribution in [0.2, 0.25) is 0 Å². The summed E-state index contributed by atoms with van der Waals surface area (Å²) in [6, 6.07) is 0. The second-order valence-corrected chi connectivity index (χ2v) is 3.44. The molecule has 10 nitrogen and oxygen atoms in total. The van der Waals surface area contributed by atoms with Crippen LogP contribution >= 0.6 is 0 Å². The predicted octanol–water partition coefficient (Wildman–Crippen LogP) is -2.86. The molecule has 22 heavy (non-hydrogen) atoms. The zero-order valence-electron chi connectivity index (χ0n) is 11.5. The molecule has 0 aliphatic carbocycles. The van der Waals surface area contributed by atoms with Crippen molar-refractivity contribution in [1.29, 1.82) is 0 Å². The molecule has 0 radical (unpaired) electrons. The predicted molar refractivity (Wildman–Crippen MR) is 72.8 cm³/mol. The molecule has 0 aliphatic rings. The number of carboxylic acid groups (broad SMARTS) is 2. The summed E-state index contributed by atoms with van der Waals surface area (Å²) in [7, 11) is 0. The lowest BCUT2D eigenvalue weighted by molar-refractivity contribution is -0.136. The molecule has 0 unspecified atom stereocenters. The number of aliphatic carboxylic acids is 2. The smallest absolute Gasteiger partial charge is 0.327 e. The average molecular weight is 324 g/mol. The van der Waals surface area contributed by atoms with Gasteiger partial charge >= 0.3 is 11.9 Å². The van der Waals surface area contributed by atoms with Gasteiger partial charge in [0.1, 0.15) is 24.4 Å². The van der Waals surface area contributed by atoms with Crippen molar-refractivity contribution < 1.29 is 50.1 Å². The maximum atomic E-state index is 9.90. The highest BCUT2D eigenvalue weighted by Gasteiger charge is 2.29. The third-order valence-corrected chi connectivity index (χ3v) is 1.77. The maximum absolute atomic E-state index is 9.90. The average Bonchev–Trinajstić information content (AvgIpc) is 2.52. The van der Waals surface area contributed by atoms with E-state index in [9.17, 15) is 14.4 Å². The monoisotopic (exact) mass is 324 g/mol. The lowest BCUT2D eigenvalue weighted by Gasteiger charge is -2.22. The van der Waals surface area contributed by atoms with E-state index in [0.29, 0.717) is 0 Å². The lowest BCUT2D eigenvalue weighted by Crippen LogP contribution is -2.46. The number of rotatable bonds is 7. The van der Waals surface area contributed by atoms with E-state index < -0.39 is 43.0 Å². The summed E-state index contributed by atoms with van der Waals surface area (Å²) in [6.07, 6.45) is -5.17. The zero-order valence-corrected chi connectivity index (χ0v) is 11.5. The fourth-order valence-corrected chi connectivity index (χ4v) is 0.618. The van der Waals surface area contributed by atoms with Gasteiger partial charge in [0.15, 0.2) is 6.29 Å². The summed E-state index contributed by atoms with van der Waals surface area (Å²) >= 11 is 0. The second-order valence-electron chi connectivity index (χ2n) is 3.44. The van der Waals surface area contributed by atoms with Gasteiger partial charge in [-0.3, -0.25) is 0 Å². The summed E-state index contributed by atoms with van der Waals surface area (Å²) in [6.45, 7) is 5.16. The van der Waals surface area contributed by atoms with Crippen LogP contribution in [0.25, 0.3) is 0 Å². The van der Waals surface area contributed by atoms with Crippen molar-refractivity contribution in [3.63, 3.8) is 0 Å². The molecule has 0 amide bonds. The van der Waals surface area contributed by atoms with Gasteiger partial charge in [0.2, 0.25) is 0 Å². The first-order chi connectivity index (χ1) is 10.1. The Morgan fingerprint density at radius 1 is 0.909 bits per heavy atom.